The molecule has 1 fully saturated rings. The van der Waals surface area contributed by atoms with Crippen molar-refractivity contribution in [3.63, 3.8) is 0 Å². The second-order valence-corrected chi connectivity index (χ2v) is 6.38. The number of aromatic nitrogens is 2. The number of hydrogen-bond donors (Lipinski definition) is 2. The van der Waals surface area contributed by atoms with Crippen molar-refractivity contribution < 1.29 is 4.79 Å². The maximum atomic E-state index is 12.7. The second kappa shape index (κ2) is 6.60. The Morgan fingerprint density at radius 2 is 2.08 bits per heavy atom. The SMILES string of the molecule is CC(N)C1CCCCN1C(=O)Cn1c(=O)[nH]c2ccccc2c1=O. The van der Waals surface area contributed by atoms with E-state index in [4.69, 9.17) is 5.73 Å². The summed E-state index contributed by atoms with van der Waals surface area (Å²) in [5.41, 5.74) is 5.45. The highest BCUT2D eigenvalue weighted by Gasteiger charge is 2.29. The van der Waals surface area contributed by atoms with E-state index in [0.29, 0.717) is 17.4 Å². The van der Waals surface area contributed by atoms with E-state index in [1.807, 2.05) is 6.92 Å². The molecular weight excluding hydrogens is 308 g/mol. The molecule has 0 bridgehead atoms. The molecule has 1 aromatic carbocycles. The molecule has 7 nitrogen and oxygen atoms in total. The minimum Gasteiger partial charge on any atom is -0.337 e. The highest BCUT2D eigenvalue weighted by molar-refractivity contribution is 5.79. The molecule has 3 N–H and O–H groups in total. The van der Waals surface area contributed by atoms with Gasteiger partial charge in [-0.05, 0) is 38.3 Å². The van der Waals surface area contributed by atoms with Gasteiger partial charge < -0.3 is 15.6 Å². The first kappa shape index (κ1) is 16.4. The topological polar surface area (TPSA) is 101 Å². The molecule has 1 amide bonds. The summed E-state index contributed by atoms with van der Waals surface area (Å²) >= 11 is 0. The predicted octanol–water partition coefficient (Wildman–Crippen LogP) is 0.418. The lowest BCUT2D eigenvalue weighted by Crippen LogP contribution is -2.53. The average Bonchev–Trinajstić information content (AvgIpc) is 2.58. The van der Waals surface area contributed by atoms with Crippen LogP contribution in [0.15, 0.2) is 33.9 Å². The van der Waals surface area contributed by atoms with Gasteiger partial charge in [-0.1, -0.05) is 12.1 Å². The van der Waals surface area contributed by atoms with Crippen molar-refractivity contribution in [3.05, 3.63) is 45.1 Å². The molecule has 0 aliphatic carbocycles. The van der Waals surface area contributed by atoms with Gasteiger partial charge in [-0.15, -0.1) is 0 Å². The van der Waals surface area contributed by atoms with E-state index in [0.717, 1.165) is 23.8 Å². The molecule has 3 rings (SSSR count). The van der Waals surface area contributed by atoms with Gasteiger partial charge in [0.2, 0.25) is 5.91 Å². The van der Waals surface area contributed by atoms with Crippen molar-refractivity contribution in [2.45, 2.75) is 44.8 Å². The largest absolute Gasteiger partial charge is 0.337 e. The summed E-state index contributed by atoms with van der Waals surface area (Å²) in [7, 11) is 0. The molecule has 0 saturated carbocycles. The van der Waals surface area contributed by atoms with Crippen LogP contribution in [0.4, 0.5) is 0 Å². The number of carbonyl (C=O) groups is 1. The van der Waals surface area contributed by atoms with Gasteiger partial charge in [0.1, 0.15) is 6.54 Å². The Hall–Kier alpha value is -2.41. The Balaban J connectivity index is 1.93. The molecule has 1 aliphatic heterocycles. The number of benzene rings is 1. The Kier molecular flexibility index (Phi) is 4.53. The van der Waals surface area contributed by atoms with E-state index in [1.165, 1.54) is 0 Å². The third-order valence-corrected chi connectivity index (χ3v) is 4.66. The highest BCUT2D eigenvalue weighted by Crippen LogP contribution is 2.19. The van der Waals surface area contributed by atoms with Gasteiger partial charge >= 0.3 is 5.69 Å². The van der Waals surface area contributed by atoms with Crippen LogP contribution in [-0.4, -0.2) is 39.0 Å². The zero-order valence-corrected chi connectivity index (χ0v) is 13.7. The van der Waals surface area contributed by atoms with Crippen molar-refractivity contribution in [3.8, 4) is 0 Å². The molecule has 7 heteroatoms. The van der Waals surface area contributed by atoms with Crippen molar-refractivity contribution >= 4 is 16.8 Å². The fourth-order valence-electron chi connectivity index (χ4n) is 3.38. The van der Waals surface area contributed by atoms with E-state index in [-0.39, 0.29) is 24.5 Å². The third kappa shape index (κ3) is 2.99. The molecule has 2 aromatic rings. The number of rotatable bonds is 3. The van der Waals surface area contributed by atoms with Crippen LogP contribution in [0.1, 0.15) is 26.2 Å². The Morgan fingerprint density at radius 1 is 1.33 bits per heavy atom. The maximum absolute atomic E-state index is 12.7. The molecule has 2 unspecified atom stereocenters. The van der Waals surface area contributed by atoms with Crippen LogP contribution in [0.5, 0.6) is 0 Å². The van der Waals surface area contributed by atoms with Gasteiger partial charge in [0.25, 0.3) is 5.56 Å². The molecule has 24 heavy (non-hydrogen) atoms. The maximum Gasteiger partial charge on any atom is 0.329 e. The first-order chi connectivity index (χ1) is 11.5. The van der Waals surface area contributed by atoms with Crippen molar-refractivity contribution in [2.24, 2.45) is 5.73 Å². The molecule has 128 valence electrons. The van der Waals surface area contributed by atoms with Crippen LogP contribution in [0, 0.1) is 0 Å². The Labute approximate surface area is 139 Å². The van der Waals surface area contributed by atoms with E-state index in [1.54, 1.807) is 29.2 Å². The van der Waals surface area contributed by atoms with Crippen molar-refractivity contribution in [1.29, 1.82) is 0 Å². The lowest BCUT2D eigenvalue weighted by Gasteiger charge is -2.38. The fourth-order valence-corrected chi connectivity index (χ4v) is 3.38. The van der Waals surface area contributed by atoms with E-state index >= 15 is 0 Å². The molecule has 0 radical (unpaired) electrons. The third-order valence-electron chi connectivity index (χ3n) is 4.66. The van der Waals surface area contributed by atoms with Gasteiger partial charge in [0, 0.05) is 18.6 Å². The average molecular weight is 330 g/mol. The summed E-state index contributed by atoms with van der Waals surface area (Å²) in [6, 6.07) is 6.60. The number of nitrogens with zero attached hydrogens (tertiary/aromatic N) is 2. The minimum atomic E-state index is -0.568. The molecule has 1 aromatic heterocycles. The van der Waals surface area contributed by atoms with Crippen LogP contribution >= 0.6 is 0 Å². The van der Waals surface area contributed by atoms with Gasteiger partial charge in [0.15, 0.2) is 0 Å². The number of hydrogen-bond acceptors (Lipinski definition) is 4. The van der Waals surface area contributed by atoms with Crippen LogP contribution in [0.2, 0.25) is 0 Å². The first-order valence-corrected chi connectivity index (χ1v) is 8.26. The van der Waals surface area contributed by atoms with E-state index in [2.05, 4.69) is 4.98 Å². The summed E-state index contributed by atoms with van der Waals surface area (Å²) in [4.78, 5) is 41.8. The number of carbonyl (C=O) groups excluding carboxylic acids is 1. The summed E-state index contributed by atoms with van der Waals surface area (Å²) in [5.74, 6) is -0.236. The molecule has 1 aliphatic rings. The van der Waals surface area contributed by atoms with Crippen LogP contribution in [-0.2, 0) is 11.3 Å². The number of likely N-dealkylation sites (tertiary alicyclic amines) is 1. The zero-order chi connectivity index (χ0) is 17.3. The number of aromatic amines is 1. The van der Waals surface area contributed by atoms with Crippen molar-refractivity contribution in [1.82, 2.24) is 14.5 Å². The lowest BCUT2D eigenvalue weighted by molar-refractivity contribution is -0.136. The zero-order valence-electron chi connectivity index (χ0n) is 13.7. The monoisotopic (exact) mass is 330 g/mol. The molecule has 2 atom stereocenters. The highest BCUT2D eigenvalue weighted by atomic mass is 16.2. The summed E-state index contributed by atoms with van der Waals surface area (Å²) < 4.78 is 0.970. The minimum absolute atomic E-state index is 0.0403. The van der Waals surface area contributed by atoms with Gasteiger partial charge in [-0.2, -0.15) is 0 Å². The second-order valence-electron chi connectivity index (χ2n) is 6.38. The Bertz CT molecular complexity index is 868. The molecular formula is C17H22N4O3. The van der Waals surface area contributed by atoms with Crippen LogP contribution in [0.3, 0.4) is 0 Å². The molecule has 2 heterocycles. The normalized spacial score (nSPS) is 19.4. The standard InChI is InChI=1S/C17H22N4O3/c1-11(18)14-8-4-5-9-20(14)15(22)10-21-16(23)12-6-2-3-7-13(12)19-17(21)24/h2-3,6-7,11,14H,4-5,8-10,18H2,1H3,(H,19,24). The summed E-state index contributed by atoms with van der Waals surface area (Å²) in [6.07, 6.45) is 2.80. The number of nitrogens with one attached hydrogen (secondary N) is 1. The summed E-state index contributed by atoms with van der Waals surface area (Å²) in [6.45, 7) is 2.23. The number of para-hydroxylation sites is 1. The lowest BCUT2D eigenvalue weighted by atomic mass is 9.97. The number of H-pyrrole nitrogens is 1. The smallest absolute Gasteiger partial charge is 0.329 e. The van der Waals surface area contributed by atoms with Gasteiger partial charge in [-0.25, -0.2) is 4.79 Å². The predicted molar refractivity (Wildman–Crippen MR) is 91.8 cm³/mol. The molecule has 0 spiro atoms. The van der Waals surface area contributed by atoms with Crippen LogP contribution < -0.4 is 17.0 Å². The van der Waals surface area contributed by atoms with Crippen molar-refractivity contribution in [2.75, 3.05) is 6.54 Å². The number of nitrogens with two attached hydrogens (primary N) is 1. The van der Waals surface area contributed by atoms with Gasteiger partial charge in [0.05, 0.1) is 10.9 Å². The van der Waals surface area contributed by atoms with E-state index < -0.39 is 11.2 Å². The van der Waals surface area contributed by atoms with E-state index in [9.17, 15) is 14.4 Å². The van der Waals surface area contributed by atoms with Gasteiger partial charge in [-0.3, -0.25) is 14.2 Å². The quantitative estimate of drug-likeness (QED) is 0.851. The first-order valence-electron chi connectivity index (χ1n) is 8.26. The molecule has 1 saturated heterocycles. The fraction of sp³-hybridized carbons (Fsp3) is 0.471. The number of amides is 1. The number of piperidine rings is 1. The summed E-state index contributed by atoms with van der Waals surface area (Å²) in [5, 5.41) is 0.396. The van der Waals surface area contributed by atoms with Crippen LogP contribution in [0.25, 0.3) is 10.9 Å². The number of fused-ring (bicyclic) bond motifs is 1. The Morgan fingerprint density at radius 3 is 2.83 bits per heavy atom.